The minimum atomic E-state index is -0.566. The Labute approximate surface area is 122 Å². The van der Waals surface area contributed by atoms with Crippen molar-refractivity contribution in [3.05, 3.63) is 34.1 Å². The predicted molar refractivity (Wildman–Crippen MR) is 78.5 cm³/mol. The number of benzene rings is 1. The zero-order valence-electron chi connectivity index (χ0n) is 11.1. The topological polar surface area (TPSA) is 32.3 Å². The van der Waals surface area contributed by atoms with E-state index in [1.165, 1.54) is 25.0 Å². The second-order valence-electron chi connectivity index (χ2n) is 5.48. The lowest BCUT2D eigenvalue weighted by molar-refractivity contribution is 0.0250. The van der Waals surface area contributed by atoms with Crippen molar-refractivity contribution >= 4 is 15.9 Å². The van der Waals surface area contributed by atoms with E-state index in [1.54, 1.807) is 6.07 Å². The average Bonchev–Trinajstić information content (AvgIpc) is 2.57. The molecule has 0 spiro atoms. The van der Waals surface area contributed by atoms with Gasteiger partial charge >= 0.3 is 0 Å². The third-order valence-electron chi connectivity index (χ3n) is 3.82. The van der Waals surface area contributed by atoms with Gasteiger partial charge in [0.15, 0.2) is 0 Å². The number of rotatable bonds is 4. The van der Waals surface area contributed by atoms with Gasteiger partial charge in [0.25, 0.3) is 0 Å². The number of nitrogens with one attached hydrogen (secondary N) is 1. The first-order valence-corrected chi connectivity index (χ1v) is 7.75. The van der Waals surface area contributed by atoms with Crippen molar-refractivity contribution in [2.45, 2.75) is 50.7 Å². The van der Waals surface area contributed by atoms with Crippen molar-refractivity contribution in [1.82, 2.24) is 5.32 Å². The van der Waals surface area contributed by atoms with E-state index in [1.807, 2.05) is 0 Å². The molecule has 0 amide bonds. The van der Waals surface area contributed by atoms with Crippen LogP contribution in [0.15, 0.2) is 22.7 Å². The van der Waals surface area contributed by atoms with E-state index in [9.17, 15) is 9.50 Å². The molecule has 4 heteroatoms. The minimum absolute atomic E-state index is 0.238. The molecule has 0 heterocycles. The maximum atomic E-state index is 13.0. The normalized spacial score (nSPS) is 19.1. The molecule has 0 aliphatic heterocycles. The van der Waals surface area contributed by atoms with Crippen LogP contribution in [-0.2, 0) is 6.54 Å². The van der Waals surface area contributed by atoms with Gasteiger partial charge in [0.05, 0.1) is 5.60 Å². The molecule has 0 unspecified atom stereocenters. The van der Waals surface area contributed by atoms with Crippen LogP contribution < -0.4 is 5.32 Å². The summed E-state index contributed by atoms with van der Waals surface area (Å²) < 4.78 is 13.7. The summed E-state index contributed by atoms with van der Waals surface area (Å²) in [5.74, 6) is -0.238. The number of hydrogen-bond acceptors (Lipinski definition) is 2. The Hall–Kier alpha value is -0.450. The molecule has 1 aliphatic carbocycles. The van der Waals surface area contributed by atoms with Gasteiger partial charge in [-0.3, -0.25) is 0 Å². The van der Waals surface area contributed by atoms with Crippen LogP contribution in [-0.4, -0.2) is 17.3 Å². The van der Waals surface area contributed by atoms with Gasteiger partial charge in [-0.05, 0) is 30.5 Å². The van der Waals surface area contributed by atoms with E-state index < -0.39 is 5.60 Å². The predicted octanol–water partition coefficient (Wildman–Crippen LogP) is 3.76. The highest BCUT2D eigenvalue weighted by molar-refractivity contribution is 9.10. The van der Waals surface area contributed by atoms with E-state index in [0.29, 0.717) is 13.1 Å². The van der Waals surface area contributed by atoms with Crippen molar-refractivity contribution in [2.75, 3.05) is 6.54 Å². The third-order valence-corrected chi connectivity index (χ3v) is 4.56. The summed E-state index contributed by atoms with van der Waals surface area (Å²) >= 11 is 3.36. The first-order chi connectivity index (χ1) is 9.09. The first kappa shape index (κ1) is 14.9. The molecule has 1 saturated carbocycles. The standard InChI is InChI=1S/C15H21BrFNO/c16-14-9-13(17)6-5-12(14)10-18-11-15(19)7-3-1-2-4-8-15/h5-6,9,18-19H,1-4,7-8,10-11H2. The Bertz CT molecular complexity index is 417. The molecule has 2 rings (SSSR count). The largest absolute Gasteiger partial charge is 0.389 e. The van der Waals surface area contributed by atoms with Gasteiger partial charge in [-0.25, -0.2) is 4.39 Å². The molecule has 19 heavy (non-hydrogen) atoms. The van der Waals surface area contributed by atoms with Crippen molar-refractivity contribution in [1.29, 1.82) is 0 Å². The van der Waals surface area contributed by atoms with Gasteiger partial charge in [0.1, 0.15) is 5.82 Å². The van der Waals surface area contributed by atoms with E-state index in [2.05, 4.69) is 21.2 Å². The zero-order valence-corrected chi connectivity index (χ0v) is 12.7. The highest BCUT2D eigenvalue weighted by atomic mass is 79.9. The van der Waals surface area contributed by atoms with E-state index in [-0.39, 0.29) is 5.82 Å². The molecule has 0 bridgehead atoms. The summed E-state index contributed by atoms with van der Waals surface area (Å²) in [5.41, 5.74) is 0.446. The van der Waals surface area contributed by atoms with Gasteiger partial charge in [-0.2, -0.15) is 0 Å². The fourth-order valence-electron chi connectivity index (χ4n) is 2.66. The summed E-state index contributed by atoms with van der Waals surface area (Å²) in [6.07, 6.45) is 6.43. The Morgan fingerprint density at radius 2 is 1.89 bits per heavy atom. The van der Waals surface area contributed by atoms with Crippen molar-refractivity contribution in [3.8, 4) is 0 Å². The Morgan fingerprint density at radius 1 is 1.21 bits per heavy atom. The number of aliphatic hydroxyl groups is 1. The molecule has 106 valence electrons. The summed E-state index contributed by atoms with van der Waals surface area (Å²) in [7, 11) is 0. The molecular formula is C15H21BrFNO. The molecule has 0 aromatic heterocycles. The first-order valence-electron chi connectivity index (χ1n) is 6.96. The van der Waals surface area contributed by atoms with Gasteiger partial charge in [-0.1, -0.05) is 47.7 Å². The highest BCUT2D eigenvalue weighted by Gasteiger charge is 2.27. The third kappa shape index (κ3) is 4.55. The van der Waals surface area contributed by atoms with Crippen LogP contribution >= 0.6 is 15.9 Å². The molecule has 2 N–H and O–H groups in total. The van der Waals surface area contributed by atoms with E-state index in [4.69, 9.17) is 0 Å². The van der Waals surface area contributed by atoms with E-state index in [0.717, 1.165) is 35.7 Å². The summed E-state index contributed by atoms with van der Waals surface area (Å²) in [4.78, 5) is 0. The van der Waals surface area contributed by atoms with Gasteiger partial charge in [0.2, 0.25) is 0 Å². The lowest BCUT2D eigenvalue weighted by Crippen LogP contribution is -2.39. The van der Waals surface area contributed by atoms with Crippen LogP contribution in [0.2, 0.25) is 0 Å². The summed E-state index contributed by atoms with van der Waals surface area (Å²) in [5, 5.41) is 13.8. The Kier molecular flexibility index (Phi) is 5.37. The van der Waals surface area contributed by atoms with Crippen LogP contribution in [0.25, 0.3) is 0 Å². The number of hydrogen-bond donors (Lipinski definition) is 2. The second-order valence-corrected chi connectivity index (χ2v) is 6.33. The summed E-state index contributed by atoms with van der Waals surface area (Å²) in [6, 6.07) is 4.70. The fourth-order valence-corrected chi connectivity index (χ4v) is 3.15. The van der Waals surface area contributed by atoms with Gasteiger partial charge in [-0.15, -0.1) is 0 Å². The molecule has 1 aromatic rings. The highest BCUT2D eigenvalue weighted by Crippen LogP contribution is 2.26. The van der Waals surface area contributed by atoms with Crippen molar-refractivity contribution in [2.24, 2.45) is 0 Å². The SMILES string of the molecule is OC1(CNCc2ccc(F)cc2Br)CCCCCC1. The molecule has 1 fully saturated rings. The van der Waals surface area contributed by atoms with E-state index >= 15 is 0 Å². The maximum absolute atomic E-state index is 13.0. The van der Waals surface area contributed by atoms with Crippen molar-refractivity contribution < 1.29 is 9.50 Å². The quantitative estimate of drug-likeness (QED) is 0.824. The van der Waals surface area contributed by atoms with Crippen LogP contribution in [0.3, 0.4) is 0 Å². The van der Waals surface area contributed by atoms with Gasteiger partial charge < -0.3 is 10.4 Å². The van der Waals surface area contributed by atoms with Crippen LogP contribution in [0.4, 0.5) is 4.39 Å². The summed E-state index contributed by atoms with van der Waals surface area (Å²) in [6.45, 7) is 1.25. The molecule has 1 aliphatic rings. The monoisotopic (exact) mass is 329 g/mol. The maximum Gasteiger partial charge on any atom is 0.124 e. The Morgan fingerprint density at radius 3 is 2.53 bits per heavy atom. The molecule has 0 radical (unpaired) electrons. The smallest absolute Gasteiger partial charge is 0.124 e. The van der Waals surface area contributed by atoms with Crippen LogP contribution in [0.1, 0.15) is 44.1 Å². The zero-order chi connectivity index (χ0) is 13.7. The molecule has 0 saturated heterocycles. The van der Waals surface area contributed by atoms with Crippen LogP contribution in [0.5, 0.6) is 0 Å². The molecule has 0 atom stereocenters. The molecule has 1 aromatic carbocycles. The lowest BCUT2D eigenvalue weighted by atomic mass is 9.94. The second kappa shape index (κ2) is 6.82. The van der Waals surface area contributed by atoms with Crippen LogP contribution in [0, 0.1) is 5.82 Å². The van der Waals surface area contributed by atoms with Crippen molar-refractivity contribution in [3.63, 3.8) is 0 Å². The molecule has 2 nitrogen and oxygen atoms in total. The number of halogens is 2. The minimum Gasteiger partial charge on any atom is -0.389 e. The lowest BCUT2D eigenvalue weighted by Gasteiger charge is -2.27. The van der Waals surface area contributed by atoms with Gasteiger partial charge in [0, 0.05) is 17.6 Å². The Balaban J connectivity index is 1.85. The fraction of sp³-hybridized carbons (Fsp3) is 0.600. The average molecular weight is 330 g/mol. The molecular weight excluding hydrogens is 309 g/mol.